The molecule has 2 aromatic rings. The van der Waals surface area contributed by atoms with E-state index in [2.05, 4.69) is 4.72 Å². The van der Waals surface area contributed by atoms with Crippen LogP contribution in [-0.4, -0.2) is 52.7 Å². The number of amides is 1. The van der Waals surface area contributed by atoms with Gasteiger partial charge in [0.05, 0.1) is 35.5 Å². The highest BCUT2D eigenvalue weighted by Crippen LogP contribution is 2.32. The molecule has 0 spiro atoms. The van der Waals surface area contributed by atoms with Crippen LogP contribution in [0.25, 0.3) is 0 Å². The molecule has 0 saturated carbocycles. The minimum atomic E-state index is -4.50. The van der Waals surface area contributed by atoms with Crippen LogP contribution < -0.4 is 9.46 Å². The monoisotopic (exact) mass is 548 g/mol. The topological polar surface area (TPSA) is 127 Å². The van der Waals surface area contributed by atoms with Gasteiger partial charge in [-0.05, 0) is 54.8 Å². The van der Waals surface area contributed by atoms with Crippen molar-refractivity contribution >= 4 is 60.6 Å². The standard InChI is InChI=1S/C21H22Cl2N2O7S2/c1-32-20-8-4-15(22)10-14(20)9-13-3-5-16(26)12-25(21(13)27)34(30,31)17-6-7-18(23)19(11-17)24-33(2,28)29/h4,6-8,10-11,13,24H,3,5,9,12H2,1-2H3. The number of ketones is 1. The summed E-state index contributed by atoms with van der Waals surface area (Å²) >= 11 is 12.1. The third-order valence-electron chi connectivity index (χ3n) is 5.22. The van der Waals surface area contributed by atoms with E-state index in [-0.39, 0.29) is 34.9 Å². The maximum Gasteiger partial charge on any atom is 0.266 e. The summed E-state index contributed by atoms with van der Waals surface area (Å²) in [4.78, 5) is 25.4. The van der Waals surface area contributed by atoms with Crippen LogP contribution in [0.5, 0.6) is 5.75 Å². The smallest absolute Gasteiger partial charge is 0.266 e. The second-order valence-electron chi connectivity index (χ2n) is 7.80. The predicted molar refractivity (Wildman–Crippen MR) is 128 cm³/mol. The lowest BCUT2D eigenvalue weighted by molar-refractivity contribution is -0.131. The number of hydrogen-bond acceptors (Lipinski definition) is 7. The minimum Gasteiger partial charge on any atom is -0.496 e. The number of sulfonamides is 2. The van der Waals surface area contributed by atoms with Crippen molar-refractivity contribution in [3.05, 3.63) is 52.0 Å². The van der Waals surface area contributed by atoms with Gasteiger partial charge in [0.25, 0.3) is 10.0 Å². The van der Waals surface area contributed by atoms with E-state index in [1.54, 1.807) is 18.2 Å². The zero-order chi connectivity index (χ0) is 25.3. The molecule has 1 heterocycles. The number of carbonyl (C=O) groups excluding carboxylic acids is 2. The number of halogens is 2. The normalized spacial score (nSPS) is 17.4. The Hall–Kier alpha value is -2.34. The van der Waals surface area contributed by atoms with Gasteiger partial charge >= 0.3 is 0 Å². The van der Waals surface area contributed by atoms with Crippen LogP contribution >= 0.6 is 23.2 Å². The fourth-order valence-corrected chi connectivity index (χ4v) is 6.06. The van der Waals surface area contributed by atoms with Crippen LogP contribution in [0.15, 0.2) is 41.3 Å². The van der Waals surface area contributed by atoms with Gasteiger partial charge in [0.1, 0.15) is 5.75 Å². The molecule has 1 unspecified atom stereocenters. The fourth-order valence-electron chi connectivity index (χ4n) is 3.61. The summed E-state index contributed by atoms with van der Waals surface area (Å²) in [5.41, 5.74) is 0.435. The van der Waals surface area contributed by atoms with Gasteiger partial charge in [-0.3, -0.25) is 14.3 Å². The van der Waals surface area contributed by atoms with Crippen LogP contribution in [0.4, 0.5) is 5.69 Å². The van der Waals surface area contributed by atoms with E-state index in [1.807, 2.05) is 0 Å². The lowest BCUT2D eigenvalue weighted by Crippen LogP contribution is -2.42. The maximum absolute atomic E-state index is 13.4. The second kappa shape index (κ2) is 10.1. The first-order valence-corrected chi connectivity index (χ1v) is 14.1. The Morgan fingerprint density at radius 1 is 1.09 bits per heavy atom. The average Bonchev–Trinajstić information content (AvgIpc) is 2.88. The Morgan fingerprint density at radius 2 is 1.79 bits per heavy atom. The molecule has 3 rings (SSSR count). The molecule has 1 fully saturated rings. The number of nitrogens with one attached hydrogen (secondary N) is 1. The van der Waals surface area contributed by atoms with E-state index >= 15 is 0 Å². The Bertz CT molecular complexity index is 1340. The largest absolute Gasteiger partial charge is 0.496 e. The van der Waals surface area contributed by atoms with Crippen molar-refractivity contribution in [3.8, 4) is 5.75 Å². The van der Waals surface area contributed by atoms with Crippen LogP contribution in [0.2, 0.25) is 10.0 Å². The van der Waals surface area contributed by atoms with Gasteiger partial charge < -0.3 is 4.74 Å². The quantitative estimate of drug-likeness (QED) is 0.562. The van der Waals surface area contributed by atoms with Gasteiger partial charge in [0, 0.05) is 17.4 Å². The lowest BCUT2D eigenvalue weighted by Gasteiger charge is -2.24. The minimum absolute atomic E-state index is 0.0206. The third-order valence-corrected chi connectivity index (χ3v) is 8.11. The second-order valence-corrected chi connectivity index (χ2v) is 12.3. The molecule has 2 aromatic carbocycles. The average molecular weight is 549 g/mol. The summed E-state index contributed by atoms with van der Waals surface area (Å²) in [6.07, 6.45) is 1.17. The number of carbonyl (C=O) groups is 2. The molecule has 1 amide bonds. The van der Waals surface area contributed by atoms with E-state index in [4.69, 9.17) is 27.9 Å². The molecule has 0 aliphatic carbocycles. The van der Waals surface area contributed by atoms with Crippen LogP contribution in [-0.2, 0) is 36.1 Å². The molecule has 1 N–H and O–H groups in total. The van der Waals surface area contributed by atoms with E-state index in [0.717, 1.165) is 18.4 Å². The van der Waals surface area contributed by atoms with Gasteiger partial charge in [-0.15, -0.1) is 0 Å². The zero-order valence-electron chi connectivity index (χ0n) is 18.2. The predicted octanol–water partition coefficient (Wildman–Crippen LogP) is 3.11. The first-order chi connectivity index (χ1) is 15.8. The van der Waals surface area contributed by atoms with Gasteiger partial charge in [0.2, 0.25) is 15.9 Å². The van der Waals surface area contributed by atoms with E-state index in [1.165, 1.54) is 13.2 Å². The Balaban J connectivity index is 1.99. The summed E-state index contributed by atoms with van der Waals surface area (Å²) in [6, 6.07) is 8.24. The number of Topliss-reactive ketones (excluding diaryl/α,β-unsaturated/α-hetero) is 1. The molecule has 1 atom stereocenters. The molecular formula is C21H22Cl2N2O7S2. The maximum atomic E-state index is 13.4. The molecule has 0 bridgehead atoms. The third kappa shape index (κ3) is 6.01. The molecule has 34 heavy (non-hydrogen) atoms. The van der Waals surface area contributed by atoms with Crippen molar-refractivity contribution in [1.82, 2.24) is 4.31 Å². The van der Waals surface area contributed by atoms with Crippen molar-refractivity contribution in [2.24, 2.45) is 5.92 Å². The summed E-state index contributed by atoms with van der Waals surface area (Å²) in [6.45, 7) is -0.623. The number of methoxy groups -OCH3 is 1. The molecular weight excluding hydrogens is 527 g/mol. The number of anilines is 1. The van der Waals surface area contributed by atoms with E-state index < -0.39 is 44.2 Å². The highest BCUT2D eigenvalue weighted by molar-refractivity contribution is 7.92. The Kier molecular flexibility index (Phi) is 7.81. The highest BCUT2D eigenvalue weighted by Gasteiger charge is 2.38. The van der Waals surface area contributed by atoms with Crippen molar-refractivity contribution in [2.75, 3.05) is 24.6 Å². The summed E-state index contributed by atoms with van der Waals surface area (Å²) in [5.74, 6) is -1.51. The fraction of sp³-hybridized carbons (Fsp3) is 0.333. The number of nitrogens with zero attached hydrogens (tertiary/aromatic N) is 1. The number of hydrogen-bond donors (Lipinski definition) is 1. The van der Waals surface area contributed by atoms with Crippen molar-refractivity contribution in [1.29, 1.82) is 0 Å². The number of rotatable bonds is 7. The van der Waals surface area contributed by atoms with Crippen molar-refractivity contribution < 1.29 is 31.2 Å². The first kappa shape index (κ1) is 26.3. The van der Waals surface area contributed by atoms with Crippen molar-refractivity contribution in [3.63, 3.8) is 0 Å². The van der Waals surface area contributed by atoms with E-state index in [0.29, 0.717) is 20.6 Å². The van der Waals surface area contributed by atoms with E-state index in [9.17, 15) is 26.4 Å². The van der Waals surface area contributed by atoms with Crippen LogP contribution in [0, 0.1) is 5.92 Å². The molecule has 0 aromatic heterocycles. The van der Waals surface area contributed by atoms with Crippen molar-refractivity contribution in [2.45, 2.75) is 24.2 Å². The molecule has 9 nitrogen and oxygen atoms in total. The Labute approximate surface area is 208 Å². The molecule has 1 saturated heterocycles. The molecule has 13 heteroatoms. The summed E-state index contributed by atoms with van der Waals surface area (Å²) in [7, 11) is -6.79. The number of ether oxygens (including phenoxy) is 1. The lowest BCUT2D eigenvalue weighted by atomic mass is 9.93. The summed E-state index contributed by atoms with van der Waals surface area (Å²) in [5, 5.41) is 0.387. The zero-order valence-corrected chi connectivity index (χ0v) is 21.4. The van der Waals surface area contributed by atoms with Gasteiger partial charge in [0.15, 0.2) is 5.78 Å². The van der Waals surface area contributed by atoms with Gasteiger partial charge in [-0.2, -0.15) is 0 Å². The number of benzene rings is 2. The van der Waals surface area contributed by atoms with Gasteiger partial charge in [-0.25, -0.2) is 21.1 Å². The van der Waals surface area contributed by atoms with Gasteiger partial charge in [-0.1, -0.05) is 23.2 Å². The SMILES string of the molecule is COc1ccc(Cl)cc1CC1CCC(=O)CN(S(=O)(=O)c2ccc(Cl)c(NS(C)(=O)=O)c2)C1=O. The summed E-state index contributed by atoms with van der Waals surface area (Å²) < 4.78 is 58.0. The molecule has 1 aliphatic heterocycles. The van der Waals surface area contributed by atoms with Crippen LogP contribution in [0.1, 0.15) is 18.4 Å². The molecule has 0 radical (unpaired) electrons. The molecule has 184 valence electrons. The highest BCUT2D eigenvalue weighted by atomic mass is 35.5. The first-order valence-electron chi connectivity index (χ1n) is 10.00. The molecule has 1 aliphatic rings. The Morgan fingerprint density at radius 3 is 2.44 bits per heavy atom. The van der Waals surface area contributed by atoms with Crippen LogP contribution in [0.3, 0.4) is 0 Å².